The number of carbonyl (C=O) groups is 2. The third kappa shape index (κ3) is 5.93. The largest absolute Gasteiger partial charge is 0.481 e. The maximum atomic E-state index is 11.9. The Morgan fingerprint density at radius 3 is 2.67 bits per heavy atom. The smallest absolute Gasteiger partial charge is 0.344 e. The molecule has 0 aliphatic carbocycles. The second kappa shape index (κ2) is 9.33. The standard InChI is InChI=1S/C17H14BrClN2O6/c1-10-3-2-4-13(21(24)25)17(10)20-15(22)8-27-16(23)9-26-14-6-5-11(19)7-12(14)18/h2-7H,8-9H2,1H3,(H,20,22). The molecule has 0 fully saturated rings. The van der Waals surface area contributed by atoms with E-state index in [0.717, 1.165) is 0 Å². The molecule has 0 aliphatic rings. The van der Waals surface area contributed by atoms with Gasteiger partial charge in [0.15, 0.2) is 13.2 Å². The average Bonchev–Trinajstić information content (AvgIpc) is 2.60. The van der Waals surface area contributed by atoms with Gasteiger partial charge in [0.2, 0.25) is 0 Å². The van der Waals surface area contributed by atoms with E-state index in [1.54, 1.807) is 31.2 Å². The minimum Gasteiger partial charge on any atom is -0.481 e. The Morgan fingerprint density at radius 2 is 2.00 bits per heavy atom. The van der Waals surface area contributed by atoms with Gasteiger partial charge in [-0.1, -0.05) is 23.7 Å². The predicted molar refractivity (Wildman–Crippen MR) is 102 cm³/mol. The highest BCUT2D eigenvalue weighted by atomic mass is 79.9. The van der Waals surface area contributed by atoms with Crippen molar-refractivity contribution >= 4 is 50.8 Å². The lowest BCUT2D eigenvalue weighted by molar-refractivity contribution is -0.384. The van der Waals surface area contributed by atoms with Crippen LogP contribution in [0.5, 0.6) is 5.75 Å². The number of carbonyl (C=O) groups excluding carboxylic acids is 2. The number of esters is 1. The molecule has 1 N–H and O–H groups in total. The normalized spacial score (nSPS) is 10.2. The SMILES string of the molecule is Cc1cccc([N+](=O)[O-])c1NC(=O)COC(=O)COc1ccc(Cl)cc1Br. The number of halogens is 2. The molecule has 0 radical (unpaired) electrons. The van der Waals surface area contributed by atoms with E-state index in [4.69, 9.17) is 21.1 Å². The molecule has 10 heteroatoms. The van der Waals surface area contributed by atoms with Crippen LogP contribution in [0.3, 0.4) is 0 Å². The number of aryl methyl sites for hydroxylation is 1. The number of ether oxygens (including phenoxy) is 2. The van der Waals surface area contributed by atoms with Crippen LogP contribution in [0, 0.1) is 17.0 Å². The molecule has 0 saturated heterocycles. The molecule has 0 unspecified atom stereocenters. The molecular formula is C17H14BrClN2O6. The van der Waals surface area contributed by atoms with Crippen molar-refractivity contribution in [2.24, 2.45) is 0 Å². The summed E-state index contributed by atoms with van der Waals surface area (Å²) in [7, 11) is 0. The Labute approximate surface area is 167 Å². The zero-order valence-corrected chi connectivity index (χ0v) is 16.4. The molecule has 0 aromatic heterocycles. The lowest BCUT2D eigenvalue weighted by atomic mass is 10.1. The van der Waals surface area contributed by atoms with Crippen LogP contribution in [0.1, 0.15) is 5.56 Å². The first kappa shape index (κ1) is 20.7. The molecular weight excluding hydrogens is 444 g/mol. The first-order valence-corrected chi connectivity index (χ1v) is 8.72. The van der Waals surface area contributed by atoms with Crippen molar-refractivity contribution < 1.29 is 24.0 Å². The van der Waals surface area contributed by atoms with Crippen LogP contribution in [0.15, 0.2) is 40.9 Å². The molecule has 0 bridgehead atoms. The molecule has 1 amide bonds. The maximum Gasteiger partial charge on any atom is 0.344 e. The van der Waals surface area contributed by atoms with Crippen molar-refractivity contribution in [1.82, 2.24) is 0 Å². The molecule has 0 heterocycles. The number of benzene rings is 2. The van der Waals surface area contributed by atoms with Crippen LogP contribution >= 0.6 is 27.5 Å². The van der Waals surface area contributed by atoms with E-state index in [9.17, 15) is 19.7 Å². The van der Waals surface area contributed by atoms with E-state index >= 15 is 0 Å². The fraction of sp³-hybridized carbons (Fsp3) is 0.176. The molecule has 0 aliphatic heterocycles. The van der Waals surface area contributed by atoms with Gasteiger partial charge in [0.1, 0.15) is 11.4 Å². The minimum atomic E-state index is -0.772. The maximum absolute atomic E-state index is 11.9. The lowest BCUT2D eigenvalue weighted by Crippen LogP contribution is -2.24. The van der Waals surface area contributed by atoms with Crippen molar-refractivity contribution in [2.75, 3.05) is 18.5 Å². The number of nitrogens with zero attached hydrogens (tertiary/aromatic N) is 1. The van der Waals surface area contributed by atoms with Crippen LogP contribution in [-0.2, 0) is 14.3 Å². The van der Waals surface area contributed by atoms with Crippen LogP contribution in [-0.4, -0.2) is 30.0 Å². The molecule has 27 heavy (non-hydrogen) atoms. The highest BCUT2D eigenvalue weighted by Gasteiger charge is 2.18. The summed E-state index contributed by atoms with van der Waals surface area (Å²) in [6.07, 6.45) is 0. The highest BCUT2D eigenvalue weighted by Crippen LogP contribution is 2.28. The summed E-state index contributed by atoms with van der Waals surface area (Å²) in [5, 5.41) is 13.9. The number of para-hydroxylation sites is 1. The van der Waals surface area contributed by atoms with Crippen LogP contribution in [0.25, 0.3) is 0 Å². The number of hydrogen-bond donors (Lipinski definition) is 1. The van der Waals surface area contributed by atoms with E-state index in [1.807, 2.05) is 0 Å². The number of nitro groups is 1. The Bertz CT molecular complexity index is 890. The van der Waals surface area contributed by atoms with Crippen LogP contribution < -0.4 is 10.1 Å². The second-order valence-electron chi connectivity index (χ2n) is 5.30. The Kier molecular flexibility index (Phi) is 7.14. The van der Waals surface area contributed by atoms with Gasteiger partial charge in [-0.3, -0.25) is 14.9 Å². The van der Waals surface area contributed by atoms with Crippen molar-refractivity contribution in [3.8, 4) is 5.75 Å². The predicted octanol–water partition coefficient (Wildman–Crippen LogP) is 3.88. The van der Waals surface area contributed by atoms with Gasteiger partial charge in [-0.25, -0.2) is 4.79 Å². The Hall–Kier alpha value is -2.65. The number of nitrogens with one attached hydrogen (secondary N) is 1. The number of nitro benzene ring substituents is 1. The quantitative estimate of drug-likeness (QED) is 0.384. The average molecular weight is 458 g/mol. The zero-order chi connectivity index (χ0) is 20.0. The fourth-order valence-electron chi connectivity index (χ4n) is 2.06. The lowest BCUT2D eigenvalue weighted by Gasteiger charge is -2.10. The van der Waals surface area contributed by atoms with Gasteiger partial charge < -0.3 is 14.8 Å². The van der Waals surface area contributed by atoms with Gasteiger partial charge in [-0.15, -0.1) is 0 Å². The summed E-state index contributed by atoms with van der Waals surface area (Å²) in [6, 6.07) is 9.16. The van der Waals surface area contributed by atoms with E-state index in [0.29, 0.717) is 20.8 Å². The zero-order valence-electron chi connectivity index (χ0n) is 14.0. The first-order valence-electron chi connectivity index (χ1n) is 7.55. The molecule has 2 aromatic carbocycles. The van der Waals surface area contributed by atoms with Crippen molar-refractivity contribution in [3.05, 3.63) is 61.6 Å². The monoisotopic (exact) mass is 456 g/mol. The molecule has 0 atom stereocenters. The van der Waals surface area contributed by atoms with E-state index in [-0.39, 0.29) is 11.4 Å². The first-order chi connectivity index (χ1) is 12.8. The molecule has 0 saturated carbocycles. The number of hydrogen-bond acceptors (Lipinski definition) is 6. The van der Waals surface area contributed by atoms with Gasteiger partial charge in [0.05, 0.1) is 9.40 Å². The van der Waals surface area contributed by atoms with Crippen molar-refractivity contribution in [1.29, 1.82) is 0 Å². The van der Waals surface area contributed by atoms with Crippen LogP contribution in [0.2, 0.25) is 5.02 Å². The summed E-state index contributed by atoms with van der Waals surface area (Å²) in [6.45, 7) is 0.597. The summed E-state index contributed by atoms with van der Waals surface area (Å²) in [4.78, 5) is 34.1. The van der Waals surface area contributed by atoms with E-state index in [1.165, 1.54) is 12.1 Å². The summed E-state index contributed by atoms with van der Waals surface area (Å²) >= 11 is 9.05. The van der Waals surface area contributed by atoms with Gasteiger partial charge in [0, 0.05) is 11.1 Å². The summed E-state index contributed by atoms with van der Waals surface area (Å²) in [5.41, 5.74) is 0.329. The van der Waals surface area contributed by atoms with Gasteiger partial charge >= 0.3 is 5.97 Å². The van der Waals surface area contributed by atoms with Crippen LogP contribution in [0.4, 0.5) is 11.4 Å². The Morgan fingerprint density at radius 1 is 1.26 bits per heavy atom. The highest BCUT2D eigenvalue weighted by molar-refractivity contribution is 9.10. The topological polar surface area (TPSA) is 108 Å². The van der Waals surface area contributed by atoms with Gasteiger partial charge in [0.25, 0.3) is 11.6 Å². The molecule has 2 rings (SSSR count). The van der Waals surface area contributed by atoms with E-state index in [2.05, 4.69) is 21.2 Å². The van der Waals surface area contributed by atoms with E-state index < -0.39 is 30.0 Å². The number of rotatable bonds is 7. The van der Waals surface area contributed by atoms with Gasteiger partial charge in [-0.05, 0) is 46.6 Å². The minimum absolute atomic E-state index is 0.0601. The second-order valence-corrected chi connectivity index (χ2v) is 6.59. The van der Waals surface area contributed by atoms with Gasteiger partial charge in [-0.2, -0.15) is 0 Å². The third-order valence-electron chi connectivity index (χ3n) is 3.32. The van der Waals surface area contributed by atoms with Crippen molar-refractivity contribution in [2.45, 2.75) is 6.92 Å². The van der Waals surface area contributed by atoms with Crippen molar-refractivity contribution in [3.63, 3.8) is 0 Å². The number of amides is 1. The summed E-state index contributed by atoms with van der Waals surface area (Å²) < 4.78 is 10.6. The third-order valence-corrected chi connectivity index (χ3v) is 4.17. The Balaban J connectivity index is 1.87. The molecule has 0 spiro atoms. The fourth-order valence-corrected chi connectivity index (χ4v) is 2.86. The number of anilines is 1. The molecule has 2 aromatic rings. The molecule has 8 nitrogen and oxygen atoms in total. The molecule has 142 valence electrons. The summed E-state index contributed by atoms with van der Waals surface area (Å²) in [5.74, 6) is -1.09.